The van der Waals surface area contributed by atoms with Crippen molar-refractivity contribution in [1.82, 2.24) is 0 Å². The van der Waals surface area contributed by atoms with Crippen molar-refractivity contribution in [3.63, 3.8) is 0 Å². The number of rotatable bonds is 6. The van der Waals surface area contributed by atoms with Crippen LogP contribution in [-0.4, -0.2) is 5.11 Å². The second-order valence-corrected chi connectivity index (χ2v) is 7.19. The van der Waals surface area contributed by atoms with Crippen molar-refractivity contribution in [2.75, 3.05) is 0 Å². The lowest BCUT2D eigenvalue weighted by atomic mass is 9.88. The Hall–Kier alpha value is -3.32. The van der Waals surface area contributed by atoms with Crippen LogP contribution in [0.1, 0.15) is 33.4 Å². The van der Waals surface area contributed by atoms with Crippen LogP contribution in [0.2, 0.25) is 0 Å². The van der Waals surface area contributed by atoms with Crippen LogP contribution in [-0.2, 0) is 19.3 Å². The highest BCUT2D eigenvalue weighted by atomic mass is 16.3. The standard InChI is InChI=1S/C27H24O/c28-27-17-16-24(18-21-10-4-1-5-11-21)25(19-22-12-6-2-7-13-22)26(27)20-23-14-8-3-9-15-23/h1-17,28H,18-20H2. The largest absolute Gasteiger partial charge is 0.508 e. The van der Waals surface area contributed by atoms with Crippen molar-refractivity contribution in [2.45, 2.75) is 19.3 Å². The zero-order valence-corrected chi connectivity index (χ0v) is 15.9. The van der Waals surface area contributed by atoms with Gasteiger partial charge in [0.25, 0.3) is 0 Å². The molecular formula is C27H24O. The fraction of sp³-hybridized carbons (Fsp3) is 0.111. The normalized spacial score (nSPS) is 10.7. The maximum atomic E-state index is 10.7. The van der Waals surface area contributed by atoms with E-state index in [1.165, 1.54) is 27.8 Å². The summed E-state index contributed by atoms with van der Waals surface area (Å²) in [5.41, 5.74) is 7.30. The van der Waals surface area contributed by atoms with Crippen LogP contribution < -0.4 is 0 Å². The Balaban J connectivity index is 1.77. The van der Waals surface area contributed by atoms with E-state index in [0.717, 1.165) is 24.8 Å². The summed E-state index contributed by atoms with van der Waals surface area (Å²) in [7, 11) is 0. The highest BCUT2D eigenvalue weighted by Crippen LogP contribution is 2.30. The van der Waals surface area contributed by atoms with Gasteiger partial charge in [-0.3, -0.25) is 0 Å². The maximum Gasteiger partial charge on any atom is 0.119 e. The molecule has 0 aromatic heterocycles. The second kappa shape index (κ2) is 8.58. The van der Waals surface area contributed by atoms with Crippen molar-refractivity contribution in [2.24, 2.45) is 0 Å². The molecule has 0 aliphatic carbocycles. The topological polar surface area (TPSA) is 20.2 Å². The first-order valence-corrected chi connectivity index (χ1v) is 9.74. The molecule has 0 spiro atoms. The molecule has 0 atom stereocenters. The van der Waals surface area contributed by atoms with Crippen LogP contribution in [0.5, 0.6) is 5.75 Å². The minimum atomic E-state index is 0.381. The SMILES string of the molecule is Oc1ccc(Cc2ccccc2)c(Cc2ccccc2)c1Cc1ccccc1. The Morgan fingerprint density at radius 3 is 1.36 bits per heavy atom. The molecule has 0 radical (unpaired) electrons. The first kappa shape index (κ1) is 18.1. The molecule has 4 rings (SSSR count). The number of phenols is 1. The van der Waals surface area contributed by atoms with E-state index in [0.29, 0.717) is 5.75 Å². The summed E-state index contributed by atoms with van der Waals surface area (Å²) in [6.07, 6.45) is 2.42. The van der Waals surface area contributed by atoms with Crippen LogP contribution in [0.4, 0.5) is 0 Å². The summed E-state index contributed by atoms with van der Waals surface area (Å²) in [6, 6.07) is 35.3. The van der Waals surface area contributed by atoms with Crippen molar-refractivity contribution >= 4 is 0 Å². The fourth-order valence-electron chi connectivity index (χ4n) is 3.73. The molecule has 0 aliphatic heterocycles. The van der Waals surface area contributed by atoms with Crippen LogP contribution >= 0.6 is 0 Å². The van der Waals surface area contributed by atoms with Gasteiger partial charge >= 0.3 is 0 Å². The summed E-state index contributed by atoms with van der Waals surface area (Å²) < 4.78 is 0. The summed E-state index contributed by atoms with van der Waals surface area (Å²) in [5.74, 6) is 0.381. The average molecular weight is 364 g/mol. The van der Waals surface area contributed by atoms with Crippen LogP contribution in [0.15, 0.2) is 103 Å². The third-order valence-electron chi connectivity index (χ3n) is 5.19. The lowest BCUT2D eigenvalue weighted by molar-refractivity contribution is 0.468. The molecule has 0 aliphatic rings. The van der Waals surface area contributed by atoms with Crippen LogP contribution in [0, 0.1) is 0 Å². The Bertz CT molecular complexity index is 1020. The van der Waals surface area contributed by atoms with E-state index in [1.807, 2.05) is 24.3 Å². The zero-order valence-electron chi connectivity index (χ0n) is 15.9. The van der Waals surface area contributed by atoms with Gasteiger partial charge in [0, 0.05) is 12.0 Å². The summed E-state index contributed by atoms with van der Waals surface area (Å²) in [4.78, 5) is 0. The number of aromatic hydroxyl groups is 1. The van der Waals surface area contributed by atoms with Gasteiger partial charge in [0.2, 0.25) is 0 Å². The molecule has 4 aromatic carbocycles. The maximum absolute atomic E-state index is 10.7. The van der Waals surface area contributed by atoms with Gasteiger partial charge in [0.1, 0.15) is 5.75 Å². The summed E-state index contributed by atoms with van der Waals surface area (Å²) >= 11 is 0. The van der Waals surface area contributed by atoms with Crippen LogP contribution in [0.25, 0.3) is 0 Å². The smallest absolute Gasteiger partial charge is 0.119 e. The van der Waals surface area contributed by atoms with Gasteiger partial charge in [-0.25, -0.2) is 0 Å². The van der Waals surface area contributed by atoms with Crippen molar-refractivity contribution in [3.8, 4) is 5.75 Å². The number of hydrogen-bond donors (Lipinski definition) is 1. The van der Waals surface area contributed by atoms with E-state index in [9.17, 15) is 5.11 Å². The number of benzene rings is 4. The predicted octanol–water partition coefficient (Wildman–Crippen LogP) is 6.16. The molecule has 0 amide bonds. The van der Waals surface area contributed by atoms with Gasteiger partial charge in [-0.15, -0.1) is 0 Å². The lowest BCUT2D eigenvalue weighted by Crippen LogP contribution is -2.04. The van der Waals surface area contributed by atoms with Gasteiger partial charge in [-0.05, 0) is 46.7 Å². The fourth-order valence-corrected chi connectivity index (χ4v) is 3.73. The molecular weight excluding hydrogens is 340 g/mol. The first-order valence-electron chi connectivity index (χ1n) is 9.74. The average Bonchev–Trinajstić information content (AvgIpc) is 2.75. The summed E-state index contributed by atoms with van der Waals surface area (Å²) in [6.45, 7) is 0. The molecule has 0 unspecified atom stereocenters. The van der Waals surface area contributed by atoms with Gasteiger partial charge in [0.05, 0.1) is 0 Å². The van der Waals surface area contributed by atoms with E-state index in [4.69, 9.17) is 0 Å². The number of phenolic OH excluding ortho intramolecular Hbond substituents is 1. The molecule has 0 saturated carbocycles. The van der Waals surface area contributed by atoms with E-state index in [2.05, 4.69) is 78.9 Å². The lowest BCUT2D eigenvalue weighted by Gasteiger charge is -2.17. The number of hydrogen-bond acceptors (Lipinski definition) is 1. The molecule has 0 fully saturated rings. The van der Waals surface area contributed by atoms with Crippen molar-refractivity contribution in [1.29, 1.82) is 0 Å². The van der Waals surface area contributed by atoms with Gasteiger partial charge in [-0.1, -0.05) is 97.1 Å². The molecule has 138 valence electrons. The summed E-state index contributed by atoms with van der Waals surface area (Å²) in [5, 5.41) is 10.7. The Morgan fingerprint density at radius 2 is 0.857 bits per heavy atom. The second-order valence-electron chi connectivity index (χ2n) is 7.19. The quantitative estimate of drug-likeness (QED) is 0.434. The third-order valence-corrected chi connectivity index (χ3v) is 5.19. The van der Waals surface area contributed by atoms with Gasteiger partial charge in [-0.2, -0.15) is 0 Å². The molecule has 1 N–H and O–H groups in total. The van der Waals surface area contributed by atoms with Gasteiger partial charge in [0.15, 0.2) is 0 Å². The Kier molecular flexibility index (Phi) is 5.53. The molecule has 0 heterocycles. The molecule has 0 bridgehead atoms. The minimum Gasteiger partial charge on any atom is -0.508 e. The Labute approximate surface area is 166 Å². The van der Waals surface area contributed by atoms with E-state index >= 15 is 0 Å². The molecule has 28 heavy (non-hydrogen) atoms. The van der Waals surface area contributed by atoms with Crippen molar-refractivity contribution in [3.05, 3.63) is 137 Å². The van der Waals surface area contributed by atoms with Gasteiger partial charge < -0.3 is 5.11 Å². The zero-order chi connectivity index (χ0) is 19.2. The Morgan fingerprint density at radius 1 is 0.429 bits per heavy atom. The van der Waals surface area contributed by atoms with E-state index in [-0.39, 0.29) is 0 Å². The van der Waals surface area contributed by atoms with E-state index in [1.54, 1.807) is 0 Å². The monoisotopic (exact) mass is 364 g/mol. The molecule has 4 aromatic rings. The third kappa shape index (κ3) is 4.32. The minimum absolute atomic E-state index is 0.381. The van der Waals surface area contributed by atoms with Crippen molar-refractivity contribution < 1.29 is 5.11 Å². The predicted molar refractivity (Wildman–Crippen MR) is 116 cm³/mol. The highest BCUT2D eigenvalue weighted by molar-refractivity contribution is 5.50. The first-order chi connectivity index (χ1) is 13.8. The highest BCUT2D eigenvalue weighted by Gasteiger charge is 2.15. The molecule has 1 nitrogen and oxygen atoms in total. The van der Waals surface area contributed by atoms with E-state index < -0.39 is 0 Å². The molecule has 0 saturated heterocycles. The van der Waals surface area contributed by atoms with Crippen LogP contribution in [0.3, 0.4) is 0 Å². The molecule has 1 heteroatoms.